The summed E-state index contributed by atoms with van der Waals surface area (Å²) in [6.45, 7) is 9.37. The number of hydrogen-bond donors (Lipinski definition) is 0. The molecule has 4 rings (SSSR count). The normalized spacial score (nSPS) is 18.4. The smallest absolute Gasteiger partial charge is 0.338 e. The van der Waals surface area contributed by atoms with E-state index in [1.54, 1.807) is 6.07 Å². The van der Waals surface area contributed by atoms with E-state index in [1.165, 1.54) is 17.7 Å². The van der Waals surface area contributed by atoms with Crippen LogP contribution in [0.5, 0.6) is 0 Å². The number of amides is 1. The van der Waals surface area contributed by atoms with E-state index < -0.39 is 11.7 Å². The number of rotatable bonds is 8. The predicted octanol–water partition coefficient (Wildman–Crippen LogP) is 7.03. The van der Waals surface area contributed by atoms with Gasteiger partial charge in [-0.1, -0.05) is 80.1 Å². The second-order valence-corrected chi connectivity index (χ2v) is 10.6. The SMILES string of the molecule is Cc1ccc(C(=O)N(CC(C)C)C[C@H]2CN(Cc3cccc(C(F)(F)F)c3)C[C@@H]2c2ccccc2)cc1. The van der Waals surface area contributed by atoms with E-state index in [9.17, 15) is 18.0 Å². The van der Waals surface area contributed by atoms with Gasteiger partial charge in [-0.15, -0.1) is 0 Å². The molecule has 3 aromatic carbocycles. The monoisotopic (exact) mass is 508 g/mol. The summed E-state index contributed by atoms with van der Waals surface area (Å²) in [4.78, 5) is 17.7. The number of halogens is 3. The fourth-order valence-electron chi connectivity index (χ4n) is 5.30. The molecule has 3 aromatic rings. The van der Waals surface area contributed by atoms with Gasteiger partial charge in [-0.05, 0) is 48.1 Å². The van der Waals surface area contributed by atoms with Gasteiger partial charge in [0.25, 0.3) is 5.91 Å². The Morgan fingerprint density at radius 2 is 1.68 bits per heavy atom. The highest BCUT2D eigenvalue weighted by Gasteiger charge is 2.36. The zero-order valence-electron chi connectivity index (χ0n) is 21.7. The molecule has 1 aliphatic heterocycles. The highest BCUT2D eigenvalue weighted by Crippen LogP contribution is 2.35. The quantitative estimate of drug-likeness (QED) is 0.326. The lowest BCUT2D eigenvalue weighted by atomic mass is 9.88. The largest absolute Gasteiger partial charge is 0.416 e. The Hall–Kier alpha value is -3.12. The molecule has 0 spiro atoms. The molecule has 3 nitrogen and oxygen atoms in total. The Kier molecular flexibility index (Phi) is 8.38. The standard InChI is InChI=1S/C31H35F3N2O/c1-22(2)17-36(30(37)26-14-12-23(3)13-15-26)20-27-19-35(21-29(27)25-9-5-4-6-10-25)18-24-8-7-11-28(16-24)31(32,33)34/h4-16,22,27,29H,17-21H2,1-3H3/t27-,29-/m1/s1. The van der Waals surface area contributed by atoms with Gasteiger partial charge in [-0.2, -0.15) is 13.2 Å². The van der Waals surface area contributed by atoms with E-state index in [0.717, 1.165) is 18.2 Å². The van der Waals surface area contributed by atoms with Gasteiger partial charge >= 0.3 is 6.18 Å². The number of alkyl halides is 3. The van der Waals surface area contributed by atoms with E-state index in [1.807, 2.05) is 54.3 Å². The van der Waals surface area contributed by atoms with Crippen LogP contribution in [0.2, 0.25) is 0 Å². The van der Waals surface area contributed by atoms with Gasteiger partial charge in [-0.25, -0.2) is 0 Å². The van der Waals surface area contributed by atoms with Gasteiger partial charge in [-0.3, -0.25) is 9.69 Å². The van der Waals surface area contributed by atoms with Gasteiger partial charge < -0.3 is 4.90 Å². The van der Waals surface area contributed by atoms with Crippen molar-refractivity contribution >= 4 is 5.91 Å². The molecule has 1 heterocycles. The number of likely N-dealkylation sites (tertiary alicyclic amines) is 1. The minimum Gasteiger partial charge on any atom is -0.338 e. The minimum absolute atomic E-state index is 0.0249. The molecule has 1 aliphatic rings. The number of carbonyl (C=O) groups excluding carboxylic acids is 1. The van der Waals surface area contributed by atoms with E-state index in [-0.39, 0.29) is 17.7 Å². The molecular formula is C31H35F3N2O. The lowest BCUT2D eigenvalue weighted by molar-refractivity contribution is -0.137. The van der Waals surface area contributed by atoms with E-state index in [2.05, 4.69) is 30.9 Å². The molecule has 6 heteroatoms. The van der Waals surface area contributed by atoms with Crippen molar-refractivity contribution in [2.45, 2.75) is 39.4 Å². The summed E-state index contributed by atoms with van der Waals surface area (Å²) >= 11 is 0. The summed E-state index contributed by atoms with van der Waals surface area (Å²) < 4.78 is 39.8. The molecule has 0 unspecified atom stereocenters. The first kappa shape index (κ1) is 26.9. The van der Waals surface area contributed by atoms with Crippen LogP contribution in [0.3, 0.4) is 0 Å². The third-order valence-corrected chi connectivity index (χ3v) is 7.03. The Morgan fingerprint density at radius 3 is 2.32 bits per heavy atom. The lowest BCUT2D eigenvalue weighted by Crippen LogP contribution is -2.39. The minimum atomic E-state index is -4.36. The van der Waals surface area contributed by atoms with Crippen molar-refractivity contribution in [1.29, 1.82) is 0 Å². The van der Waals surface area contributed by atoms with Gasteiger partial charge in [0.05, 0.1) is 5.56 Å². The summed E-state index contributed by atoms with van der Waals surface area (Å²) in [5.74, 6) is 0.692. The summed E-state index contributed by atoms with van der Waals surface area (Å²) in [5.41, 5.74) is 3.02. The third kappa shape index (κ3) is 7.01. The third-order valence-electron chi connectivity index (χ3n) is 7.03. The van der Waals surface area contributed by atoms with Crippen molar-refractivity contribution in [3.63, 3.8) is 0 Å². The molecule has 0 N–H and O–H groups in total. The Balaban J connectivity index is 1.57. The molecule has 0 aromatic heterocycles. The van der Waals surface area contributed by atoms with Crippen LogP contribution in [0.25, 0.3) is 0 Å². The van der Waals surface area contributed by atoms with Crippen LogP contribution in [-0.2, 0) is 12.7 Å². The van der Waals surface area contributed by atoms with Gasteiger partial charge in [0.15, 0.2) is 0 Å². The number of hydrogen-bond acceptors (Lipinski definition) is 2. The number of aryl methyl sites for hydroxylation is 1. The number of benzene rings is 3. The first-order valence-electron chi connectivity index (χ1n) is 12.9. The molecule has 1 fully saturated rings. The second-order valence-electron chi connectivity index (χ2n) is 10.6. The molecule has 0 saturated carbocycles. The van der Waals surface area contributed by atoms with Crippen LogP contribution in [0.15, 0.2) is 78.9 Å². The van der Waals surface area contributed by atoms with Crippen molar-refractivity contribution in [3.8, 4) is 0 Å². The van der Waals surface area contributed by atoms with Gasteiger partial charge in [0.1, 0.15) is 0 Å². The summed E-state index contributed by atoms with van der Waals surface area (Å²) in [5, 5.41) is 0. The Labute approximate surface area is 217 Å². The molecule has 1 saturated heterocycles. The topological polar surface area (TPSA) is 23.6 Å². The average Bonchev–Trinajstić information content (AvgIpc) is 3.25. The maximum absolute atomic E-state index is 13.5. The molecule has 2 atom stereocenters. The molecule has 0 radical (unpaired) electrons. The first-order chi connectivity index (χ1) is 17.6. The van der Waals surface area contributed by atoms with Crippen molar-refractivity contribution in [2.75, 3.05) is 26.2 Å². The van der Waals surface area contributed by atoms with Crippen LogP contribution in [0, 0.1) is 18.8 Å². The molecule has 196 valence electrons. The highest BCUT2D eigenvalue weighted by molar-refractivity contribution is 5.94. The van der Waals surface area contributed by atoms with Crippen LogP contribution in [-0.4, -0.2) is 41.9 Å². The summed E-state index contributed by atoms with van der Waals surface area (Å²) in [7, 11) is 0. The molecule has 1 amide bonds. The van der Waals surface area contributed by atoms with Crippen molar-refractivity contribution in [1.82, 2.24) is 9.80 Å². The molecular weight excluding hydrogens is 473 g/mol. The fraction of sp³-hybridized carbons (Fsp3) is 0.387. The fourth-order valence-corrected chi connectivity index (χ4v) is 5.30. The van der Waals surface area contributed by atoms with Crippen LogP contribution >= 0.6 is 0 Å². The maximum atomic E-state index is 13.5. The maximum Gasteiger partial charge on any atom is 0.416 e. The predicted molar refractivity (Wildman–Crippen MR) is 141 cm³/mol. The average molecular weight is 509 g/mol. The van der Waals surface area contributed by atoms with Crippen molar-refractivity contribution < 1.29 is 18.0 Å². The number of carbonyl (C=O) groups is 1. The molecule has 0 aliphatic carbocycles. The zero-order chi connectivity index (χ0) is 26.6. The molecule has 37 heavy (non-hydrogen) atoms. The van der Waals surface area contributed by atoms with Gasteiger partial charge in [0.2, 0.25) is 0 Å². The van der Waals surface area contributed by atoms with E-state index in [4.69, 9.17) is 0 Å². The second kappa shape index (κ2) is 11.5. The van der Waals surface area contributed by atoms with E-state index >= 15 is 0 Å². The van der Waals surface area contributed by atoms with Crippen molar-refractivity contribution in [3.05, 3.63) is 107 Å². The lowest BCUT2D eigenvalue weighted by Gasteiger charge is -2.30. The van der Waals surface area contributed by atoms with Crippen LogP contribution < -0.4 is 0 Å². The van der Waals surface area contributed by atoms with Gasteiger partial charge in [0, 0.05) is 44.2 Å². The Bertz CT molecular complexity index is 1180. The highest BCUT2D eigenvalue weighted by atomic mass is 19.4. The van der Waals surface area contributed by atoms with E-state index in [0.29, 0.717) is 43.2 Å². The van der Waals surface area contributed by atoms with Crippen LogP contribution in [0.1, 0.15) is 52.4 Å². The molecule has 0 bridgehead atoms. The van der Waals surface area contributed by atoms with Crippen LogP contribution in [0.4, 0.5) is 13.2 Å². The van der Waals surface area contributed by atoms with Crippen molar-refractivity contribution in [2.24, 2.45) is 11.8 Å². The summed E-state index contributed by atoms with van der Waals surface area (Å²) in [6.07, 6.45) is -4.36. The number of nitrogens with zero attached hydrogens (tertiary/aromatic N) is 2. The summed E-state index contributed by atoms with van der Waals surface area (Å²) in [6, 6.07) is 23.5. The Morgan fingerprint density at radius 1 is 0.973 bits per heavy atom. The zero-order valence-corrected chi connectivity index (χ0v) is 21.7. The first-order valence-corrected chi connectivity index (χ1v) is 12.9.